The van der Waals surface area contributed by atoms with E-state index in [1.165, 1.54) is 30.5 Å². The largest absolute Gasteiger partial charge is 0.497 e. The molecule has 1 aromatic rings. The van der Waals surface area contributed by atoms with Crippen molar-refractivity contribution in [3.63, 3.8) is 0 Å². The molecule has 0 amide bonds. The highest BCUT2D eigenvalue weighted by atomic mass is 16.5. The van der Waals surface area contributed by atoms with Gasteiger partial charge in [-0.25, -0.2) is 0 Å². The van der Waals surface area contributed by atoms with Crippen LogP contribution >= 0.6 is 0 Å². The van der Waals surface area contributed by atoms with E-state index in [9.17, 15) is 0 Å². The number of hydrogen-bond donors (Lipinski definition) is 1. The monoisotopic (exact) mass is 247 g/mol. The molecule has 0 spiro atoms. The van der Waals surface area contributed by atoms with E-state index in [1.54, 1.807) is 7.11 Å². The van der Waals surface area contributed by atoms with Crippen LogP contribution in [-0.4, -0.2) is 13.2 Å². The number of aryl methyl sites for hydroxylation is 1. The Morgan fingerprint density at radius 3 is 2.67 bits per heavy atom. The van der Waals surface area contributed by atoms with E-state index in [2.05, 4.69) is 38.2 Å². The molecule has 2 nitrogen and oxygen atoms in total. The van der Waals surface area contributed by atoms with Crippen molar-refractivity contribution in [3.05, 3.63) is 23.8 Å². The van der Waals surface area contributed by atoms with Gasteiger partial charge in [0.25, 0.3) is 0 Å². The smallest absolute Gasteiger partial charge is 0.119 e. The van der Waals surface area contributed by atoms with Gasteiger partial charge in [0.1, 0.15) is 5.75 Å². The third-order valence-electron chi connectivity index (χ3n) is 4.48. The van der Waals surface area contributed by atoms with E-state index in [0.717, 1.165) is 17.6 Å². The number of anilines is 1. The highest BCUT2D eigenvalue weighted by molar-refractivity contribution is 5.54. The first kappa shape index (κ1) is 13.3. The van der Waals surface area contributed by atoms with Gasteiger partial charge in [-0.15, -0.1) is 0 Å². The summed E-state index contributed by atoms with van der Waals surface area (Å²) >= 11 is 0. The summed E-state index contributed by atoms with van der Waals surface area (Å²) in [7, 11) is 1.72. The summed E-state index contributed by atoms with van der Waals surface area (Å²) in [4.78, 5) is 0. The first-order valence-corrected chi connectivity index (χ1v) is 7.03. The van der Waals surface area contributed by atoms with Crippen LogP contribution in [-0.2, 0) is 0 Å². The molecule has 3 unspecified atom stereocenters. The quantitative estimate of drug-likeness (QED) is 0.862. The summed E-state index contributed by atoms with van der Waals surface area (Å²) in [5.74, 6) is 2.51. The van der Waals surface area contributed by atoms with Gasteiger partial charge >= 0.3 is 0 Å². The molecule has 1 aliphatic carbocycles. The molecule has 2 heteroatoms. The van der Waals surface area contributed by atoms with Crippen LogP contribution in [0.4, 0.5) is 5.69 Å². The Bertz CT molecular complexity index is 402. The average molecular weight is 247 g/mol. The fourth-order valence-corrected chi connectivity index (χ4v) is 2.91. The lowest BCUT2D eigenvalue weighted by Gasteiger charge is -2.35. The van der Waals surface area contributed by atoms with Gasteiger partial charge in [-0.3, -0.25) is 0 Å². The molecule has 0 saturated heterocycles. The summed E-state index contributed by atoms with van der Waals surface area (Å²) in [5.41, 5.74) is 2.52. The zero-order valence-corrected chi connectivity index (χ0v) is 12.0. The van der Waals surface area contributed by atoms with Gasteiger partial charge in [0.05, 0.1) is 7.11 Å². The molecular formula is C16H25NO. The van der Waals surface area contributed by atoms with Crippen molar-refractivity contribution in [2.75, 3.05) is 12.4 Å². The Kier molecular flexibility index (Phi) is 4.15. The van der Waals surface area contributed by atoms with E-state index < -0.39 is 0 Å². The van der Waals surface area contributed by atoms with E-state index in [-0.39, 0.29) is 0 Å². The van der Waals surface area contributed by atoms with Crippen molar-refractivity contribution in [2.24, 2.45) is 11.8 Å². The molecule has 1 N–H and O–H groups in total. The van der Waals surface area contributed by atoms with Crippen molar-refractivity contribution in [1.82, 2.24) is 0 Å². The van der Waals surface area contributed by atoms with E-state index in [0.29, 0.717) is 6.04 Å². The van der Waals surface area contributed by atoms with E-state index in [1.807, 2.05) is 6.07 Å². The van der Waals surface area contributed by atoms with Gasteiger partial charge in [0.15, 0.2) is 0 Å². The van der Waals surface area contributed by atoms with Gasteiger partial charge < -0.3 is 10.1 Å². The molecule has 1 aliphatic rings. The Morgan fingerprint density at radius 1 is 1.22 bits per heavy atom. The maximum Gasteiger partial charge on any atom is 0.119 e. The summed E-state index contributed by atoms with van der Waals surface area (Å²) in [5, 5.41) is 3.73. The molecule has 0 bridgehead atoms. The van der Waals surface area contributed by atoms with Crippen molar-refractivity contribution in [1.29, 1.82) is 0 Å². The van der Waals surface area contributed by atoms with Crippen LogP contribution in [0.5, 0.6) is 5.75 Å². The zero-order chi connectivity index (χ0) is 13.1. The molecule has 0 heterocycles. The van der Waals surface area contributed by atoms with Crippen LogP contribution in [0.25, 0.3) is 0 Å². The molecule has 1 fully saturated rings. The first-order chi connectivity index (χ1) is 8.61. The normalized spacial score (nSPS) is 27.9. The Morgan fingerprint density at radius 2 is 2.00 bits per heavy atom. The number of ether oxygens (including phenoxy) is 1. The molecule has 100 valence electrons. The zero-order valence-electron chi connectivity index (χ0n) is 12.0. The number of methoxy groups -OCH3 is 1. The Hall–Kier alpha value is -1.18. The molecule has 3 atom stereocenters. The maximum absolute atomic E-state index is 5.25. The molecule has 1 saturated carbocycles. The topological polar surface area (TPSA) is 21.3 Å². The Labute approximate surface area is 111 Å². The van der Waals surface area contributed by atoms with Gasteiger partial charge in [-0.05, 0) is 48.9 Å². The predicted octanol–water partition coefficient (Wildman–Crippen LogP) is 4.24. The minimum Gasteiger partial charge on any atom is -0.497 e. The van der Waals surface area contributed by atoms with Gasteiger partial charge in [0, 0.05) is 11.7 Å². The van der Waals surface area contributed by atoms with Crippen LogP contribution < -0.4 is 10.1 Å². The SMILES string of the molecule is COc1ccc(NC2CCCC(C)C2C)c(C)c1. The molecule has 0 aromatic heterocycles. The lowest BCUT2D eigenvalue weighted by molar-refractivity contribution is 0.253. The summed E-state index contributed by atoms with van der Waals surface area (Å²) in [6.45, 7) is 6.89. The van der Waals surface area contributed by atoms with Gasteiger partial charge in [-0.2, -0.15) is 0 Å². The Balaban J connectivity index is 2.09. The van der Waals surface area contributed by atoms with Crippen molar-refractivity contribution in [2.45, 2.75) is 46.1 Å². The number of hydrogen-bond acceptors (Lipinski definition) is 2. The molecule has 0 aliphatic heterocycles. The van der Waals surface area contributed by atoms with Crippen LogP contribution in [0.2, 0.25) is 0 Å². The molecule has 0 radical (unpaired) electrons. The maximum atomic E-state index is 5.25. The third kappa shape index (κ3) is 2.80. The van der Waals surface area contributed by atoms with Crippen molar-refractivity contribution in [3.8, 4) is 5.75 Å². The second-order valence-corrected chi connectivity index (χ2v) is 5.70. The highest BCUT2D eigenvalue weighted by Crippen LogP contribution is 2.32. The van der Waals surface area contributed by atoms with Crippen LogP contribution in [0.3, 0.4) is 0 Å². The summed E-state index contributed by atoms with van der Waals surface area (Å²) in [6, 6.07) is 6.88. The average Bonchev–Trinajstić information content (AvgIpc) is 2.37. The standard InChI is InChI=1S/C16H25NO/c1-11-6-5-7-16(13(11)3)17-15-9-8-14(18-4)10-12(15)2/h8-11,13,16-17H,5-7H2,1-4H3. The predicted molar refractivity (Wildman–Crippen MR) is 77.3 cm³/mol. The van der Waals surface area contributed by atoms with Crippen molar-refractivity contribution < 1.29 is 4.74 Å². The summed E-state index contributed by atoms with van der Waals surface area (Å²) in [6.07, 6.45) is 4.01. The fourth-order valence-electron chi connectivity index (χ4n) is 2.91. The number of rotatable bonds is 3. The first-order valence-electron chi connectivity index (χ1n) is 7.03. The van der Waals surface area contributed by atoms with Crippen molar-refractivity contribution >= 4 is 5.69 Å². The minimum atomic E-state index is 0.612. The van der Waals surface area contributed by atoms with E-state index in [4.69, 9.17) is 4.74 Å². The van der Waals surface area contributed by atoms with Crippen LogP contribution in [0, 0.1) is 18.8 Å². The lowest BCUT2D eigenvalue weighted by Crippen LogP contribution is -2.35. The molecule has 18 heavy (non-hydrogen) atoms. The van der Waals surface area contributed by atoms with E-state index >= 15 is 0 Å². The highest BCUT2D eigenvalue weighted by Gasteiger charge is 2.27. The van der Waals surface area contributed by atoms with Gasteiger partial charge in [0.2, 0.25) is 0 Å². The number of nitrogens with one attached hydrogen (secondary N) is 1. The van der Waals surface area contributed by atoms with Crippen LogP contribution in [0.1, 0.15) is 38.7 Å². The minimum absolute atomic E-state index is 0.612. The van der Waals surface area contributed by atoms with Gasteiger partial charge in [-0.1, -0.05) is 26.7 Å². The molecule has 2 rings (SSSR count). The molecule has 1 aromatic carbocycles. The lowest BCUT2D eigenvalue weighted by atomic mass is 9.78. The fraction of sp³-hybridized carbons (Fsp3) is 0.625. The summed E-state index contributed by atoms with van der Waals surface area (Å²) < 4.78 is 5.25. The number of benzene rings is 1. The second kappa shape index (κ2) is 5.64. The van der Waals surface area contributed by atoms with Crippen LogP contribution in [0.15, 0.2) is 18.2 Å². The molecular weight excluding hydrogens is 222 g/mol. The third-order valence-corrected chi connectivity index (χ3v) is 4.48. The second-order valence-electron chi connectivity index (χ2n) is 5.70.